The van der Waals surface area contributed by atoms with Crippen molar-refractivity contribution in [2.24, 2.45) is 4.99 Å². The normalized spacial score (nSPS) is 15.2. The molecule has 0 radical (unpaired) electrons. The molecule has 1 N–H and O–H groups in total. The summed E-state index contributed by atoms with van der Waals surface area (Å²) in [6.45, 7) is 2.55. The highest BCUT2D eigenvalue weighted by atomic mass is 16.5. The van der Waals surface area contributed by atoms with Crippen LogP contribution >= 0.6 is 0 Å². The van der Waals surface area contributed by atoms with Crippen molar-refractivity contribution in [3.63, 3.8) is 0 Å². The van der Waals surface area contributed by atoms with Gasteiger partial charge in [-0.05, 0) is 13.0 Å². The number of anilines is 1. The van der Waals surface area contributed by atoms with Crippen LogP contribution in [0.1, 0.15) is 18.1 Å². The van der Waals surface area contributed by atoms with Crippen LogP contribution in [0.2, 0.25) is 0 Å². The van der Waals surface area contributed by atoms with Crippen molar-refractivity contribution >= 4 is 17.4 Å². The van der Waals surface area contributed by atoms with E-state index in [2.05, 4.69) is 5.32 Å². The number of carbonyl (C=O) groups excluding carboxylic acids is 1. The fraction of sp³-hybridized carbons (Fsp3) is 0.158. The van der Waals surface area contributed by atoms with Crippen molar-refractivity contribution in [1.82, 2.24) is 0 Å². The maximum atomic E-state index is 11.7. The number of esters is 1. The number of nitrogens with one attached hydrogen (secondary N) is 1. The molecule has 4 heteroatoms. The number of benzene rings is 2. The van der Waals surface area contributed by atoms with Gasteiger partial charge in [0.1, 0.15) is 0 Å². The molecule has 2 aromatic rings. The molecule has 0 aliphatic carbocycles. The molecule has 0 fully saturated rings. The highest BCUT2D eigenvalue weighted by molar-refractivity contribution is 6.16. The second kappa shape index (κ2) is 6.92. The summed E-state index contributed by atoms with van der Waals surface area (Å²) in [6.07, 6.45) is 1.47. The van der Waals surface area contributed by atoms with Gasteiger partial charge in [0, 0.05) is 28.6 Å². The SMILES string of the molecule is CCOC(=O)/C=C1/CN=C(c2ccccc2)c2ccccc2N1. The minimum Gasteiger partial charge on any atom is -0.463 e. The van der Waals surface area contributed by atoms with Gasteiger partial charge in [0.25, 0.3) is 0 Å². The Kier molecular flexibility index (Phi) is 4.52. The van der Waals surface area contributed by atoms with Crippen LogP contribution in [0.4, 0.5) is 5.69 Å². The molecule has 0 spiro atoms. The van der Waals surface area contributed by atoms with E-state index in [1.807, 2.05) is 54.6 Å². The lowest BCUT2D eigenvalue weighted by molar-refractivity contribution is -0.137. The molecule has 1 aliphatic rings. The van der Waals surface area contributed by atoms with Crippen LogP contribution in [0.15, 0.2) is 71.4 Å². The van der Waals surface area contributed by atoms with Crippen molar-refractivity contribution in [1.29, 1.82) is 0 Å². The van der Waals surface area contributed by atoms with E-state index < -0.39 is 0 Å². The third-order valence-corrected chi connectivity index (χ3v) is 3.51. The maximum Gasteiger partial charge on any atom is 0.332 e. The molecule has 0 amide bonds. The Hall–Kier alpha value is -2.88. The summed E-state index contributed by atoms with van der Waals surface area (Å²) in [7, 11) is 0. The Bertz CT molecular complexity index is 764. The molecular weight excluding hydrogens is 288 g/mol. The Labute approximate surface area is 135 Å². The van der Waals surface area contributed by atoms with Crippen molar-refractivity contribution in [3.8, 4) is 0 Å². The number of benzodiazepines with no additional fused rings is 1. The minimum atomic E-state index is -0.356. The molecule has 116 valence electrons. The predicted octanol–water partition coefficient (Wildman–Crippen LogP) is 3.40. The molecule has 23 heavy (non-hydrogen) atoms. The lowest BCUT2D eigenvalue weighted by atomic mass is 10.0. The summed E-state index contributed by atoms with van der Waals surface area (Å²) >= 11 is 0. The number of nitrogens with zero attached hydrogens (tertiary/aromatic N) is 1. The van der Waals surface area contributed by atoms with Crippen molar-refractivity contribution in [3.05, 3.63) is 77.5 Å². The van der Waals surface area contributed by atoms with Gasteiger partial charge >= 0.3 is 5.97 Å². The first-order valence-corrected chi connectivity index (χ1v) is 7.61. The number of aliphatic imine (C=N–C) groups is 1. The van der Waals surface area contributed by atoms with E-state index in [4.69, 9.17) is 9.73 Å². The zero-order valence-electron chi connectivity index (χ0n) is 13.0. The van der Waals surface area contributed by atoms with E-state index in [1.165, 1.54) is 6.08 Å². The molecule has 0 atom stereocenters. The Morgan fingerprint density at radius 1 is 1.17 bits per heavy atom. The van der Waals surface area contributed by atoms with Crippen molar-refractivity contribution in [2.75, 3.05) is 18.5 Å². The van der Waals surface area contributed by atoms with E-state index >= 15 is 0 Å². The number of fused-ring (bicyclic) bond motifs is 1. The molecule has 0 aromatic heterocycles. The molecule has 0 saturated heterocycles. The molecule has 1 aliphatic heterocycles. The van der Waals surface area contributed by atoms with Crippen molar-refractivity contribution in [2.45, 2.75) is 6.92 Å². The lowest BCUT2D eigenvalue weighted by Crippen LogP contribution is -2.08. The van der Waals surface area contributed by atoms with E-state index in [0.717, 1.165) is 28.2 Å². The fourth-order valence-electron chi connectivity index (χ4n) is 2.51. The molecule has 0 unspecified atom stereocenters. The van der Waals surface area contributed by atoms with E-state index in [-0.39, 0.29) is 5.97 Å². The monoisotopic (exact) mass is 306 g/mol. The summed E-state index contributed by atoms with van der Waals surface area (Å²) in [5, 5.41) is 3.29. The molecule has 1 heterocycles. The van der Waals surface area contributed by atoms with Crippen LogP contribution in [0, 0.1) is 0 Å². The maximum absolute atomic E-state index is 11.7. The van der Waals surface area contributed by atoms with Crippen LogP contribution in [-0.2, 0) is 9.53 Å². The summed E-state index contributed by atoms with van der Waals surface area (Å²) < 4.78 is 4.98. The highest BCUT2D eigenvalue weighted by Gasteiger charge is 2.16. The van der Waals surface area contributed by atoms with Gasteiger partial charge in [0.05, 0.1) is 18.9 Å². The minimum absolute atomic E-state index is 0.356. The number of ether oxygens (including phenoxy) is 1. The van der Waals surface area contributed by atoms with Gasteiger partial charge in [-0.15, -0.1) is 0 Å². The highest BCUT2D eigenvalue weighted by Crippen LogP contribution is 2.24. The predicted molar refractivity (Wildman–Crippen MR) is 91.7 cm³/mol. The number of hydrogen-bond donors (Lipinski definition) is 1. The Morgan fingerprint density at radius 3 is 2.70 bits per heavy atom. The molecule has 3 rings (SSSR count). The standard InChI is InChI=1S/C19H18N2O2/c1-2-23-18(22)12-15-13-20-19(14-8-4-3-5-9-14)16-10-6-7-11-17(16)21-15/h3-12,21H,2,13H2,1H3/b15-12-. The quantitative estimate of drug-likeness (QED) is 0.698. The van der Waals surface area contributed by atoms with Crippen LogP contribution in [0.25, 0.3) is 0 Å². The second-order valence-electron chi connectivity index (χ2n) is 5.12. The van der Waals surface area contributed by atoms with Crippen LogP contribution in [0.5, 0.6) is 0 Å². The smallest absolute Gasteiger partial charge is 0.332 e. The van der Waals surface area contributed by atoms with Crippen molar-refractivity contribution < 1.29 is 9.53 Å². The topological polar surface area (TPSA) is 50.7 Å². The zero-order chi connectivity index (χ0) is 16.1. The summed E-state index contributed by atoms with van der Waals surface area (Å²) in [4.78, 5) is 16.4. The average molecular weight is 306 g/mol. The number of rotatable bonds is 3. The van der Waals surface area contributed by atoms with Gasteiger partial charge in [0.15, 0.2) is 0 Å². The van der Waals surface area contributed by atoms with E-state index in [9.17, 15) is 4.79 Å². The Balaban J connectivity index is 2.02. The largest absolute Gasteiger partial charge is 0.463 e. The molecule has 0 bridgehead atoms. The number of carbonyl (C=O) groups is 1. The summed E-state index contributed by atoms with van der Waals surface area (Å²) in [5.41, 5.74) is 4.65. The van der Waals surface area contributed by atoms with Crippen LogP contribution < -0.4 is 5.32 Å². The lowest BCUT2D eigenvalue weighted by Gasteiger charge is -2.10. The first kappa shape index (κ1) is 15.0. The fourth-order valence-corrected chi connectivity index (χ4v) is 2.51. The van der Waals surface area contributed by atoms with Crippen LogP contribution in [0.3, 0.4) is 0 Å². The van der Waals surface area contributed by atoms with Crippen LogP contribution in [-0.4, -0.2) is 24.8 Å². The summed E-state index contributed by atoms with van der Waals surface area (Å²) in [6, 6.07) is 18.0. The van der Waals surface area contributed by atoms with Gasteiger partial charge in [-0.2, -0.15) is 0 Å². The van der Waals surface area contributed by atoms with E-state index in [0.29, 0.717) is 13.2 Å². The van der Waals surface area contributed by atoms with Gasteiger partial charge in [-0.1, -0.05) is 48.5 Å². The van der Waals surface area contributed by atoms with Gasteiger partial charge < -0.3 is 10.1 Å². The Morgan fingerprint density at radius 2 is 1.91 bits per heavy atom. The van der Waals surface area contributed by atoms with Gasteiger partial charge in [-0.25, -0.2) is 4.79 Å². The zero-order valence-corrected chi connectivity index (χ0v) is 13.0. The molecular formula is C19H18N2O2. The average Bonchev–Trinajstić information content (AvgIpc) is 2.75. The van der Waals surface area contributed by atoms with Gasteiger partial charge in [0.2, 0.25) is 0 Å². The number of para-hydroxylation sites is 1. The molecule has 2 aromatic carbocycles. The number of hydrogen-bond acceptors (Lipinski definition) is 4. The summed E-state index contributed by atoms with van der Waals surface area (Å²) in [5.74, 6) is -0.356. The van der Waals surface area contributed by atoms with E-state index in [1.54, 1.807) is 6.92 Å². The van der Waals surface area contributed by atoms with Gasteiger partial charge in [-0.3, -0.25) is 4.99 Å². The second-order valence-corrected chi connectivity index (χ2v) is 5.12. The first-order chi connectivity index (χ1) is 11.3. The third kappa shape index (κ3) is 3.48. The molecule has 4 nitrogen and oxygen atoms in total. The third-order valence-electron chi connectivity index (χ3n) is 3.51. The first-order valence-electron chi connectivity index (χ1n) is 7.61. The molecule has 0 saturated carbocycles.